The normalized spacial score (nSPS) is 26.1. The highest BCUT2D eigenvalue weighted by Gasteiger charge is 2.40. The summed E-state index contributed by atoms with van der Waals surface area (Å²) in [6.45, 7) is 3.55. The molecule has 90 valence electrons. The highest BCUT2D eigenvalue weighted by molar-refractivity contribution is 6.21. The summed E-state index contributed by atoms with van der Waals surface area (Å²) in [6, 6.07) is 0. The number of ether oxygens (including phenoxy) is 1. The van der Waals surface area contributed by atoms with Crippen molar-refractivity contribution < 1.29 is 19.4 Å². The number of aliphatic hydroxyl groups excluding tert-OH is 1. The number of allylic oxidation sites excluding steroid dienone is 1. The Kier molecular flexibility index (Phi) is 3.86. The summed E-state index contributed by atoms with van der Waals surface area (Å²) in [5, 5.41) is 9.97. The van der Waals surface area contributed by atoms with Crippen molar-refractivity contribution in [3.05, 3.63) is 11.3 Å². The van der Waals surface area contributed by atoms with Crippen LogP contribution in [0.1, 0.15) is 39.5 Å². The van der Waals surface area contributed by atoms with Crippen LogP contribution in [0.15, 0.2) is 11.3 Å². The minimum Gasteiger partial charge on any atom is -0.508 e. The highest BCUT2D eigenvalue weighted by atomic mass is 16.5. The molecular weight excluding hydrogens is 208 g/mol. The standard InChI is InChI=1S/C12H18O4/c1-4-5-8(13)10-9(14)6-7-12(2,16-3)11(10)15/h15H,4-7H2,1-3H3. The Bertz CT molecular complexity index is 343. The second-order valence-corrected chi connectivity index (χ2v) is 4.25. The molecule has 0 heterocycles. The number of hydrogen-bond donors (Lipinski definition) is 1. The van der Waals surface area contributed by atoms with Gasteiger partial charge in [-0.25, -0.2) is 0 Å². The molecule has 0 fully saturated rings. The Morgan fingerprint density at radius 3 is 2.69 bits per heavy atom. The molecule has 0 saturated heterocycles. The topological polar surface area (TPSA) is 63.6 Å². The van der Waals surface area contributed by atoms with Gasteiger partial charge in [-0.05, 0) is 19.8 Å². The van der Waals surface area contributed by atoms with Crippen LogP contribution in [0.2, 0.25) is 0 Å². The maximum absolute atomic E-state index is 11.7. The SMILES string of the molecule is CCCC(=O)C1=C(O)C(C)(OC)CCC1=O. The third-order valence-electron chi connectivity index (χ3n) is 3.05. The average molecular weight is 226 g/mol. The van der Waals surface area contributed by atoms with E-state index >= 15 is 0 Å². The lowest BCUT2D eigenvalue weighted by molar-refractivity contribution is -0.125. The van der Waals surface area contributed by atoms with Crippen molar-refractivity contribution in [2.45, 2.75) is 45.1 Å². The molecule has 0 radical (unpaired) electrons. The molecule has 0 saturated carbocycles. The van der Waals surface area contributed by atoms with Crippen LogP contribution >= 0.6 is 0 Å². The fourth-order valence-corrected chi connectivity index (χ4v) is 1.83. The number of aliphatic hydroxyl groups is 1. The molecule has 1 N–H and O–H groups in total. The van der Waals surface area contributed by atoms with Gasteiger partial charge in [0.25, 0.3) is 0 Å². The number of Topliss-reactive ketones (excluding diaryl/α,β-unsaturated/α-hetero) is 2. The first kappa shape index (κ1) is 12.9. The molecule has 1 atom stereocenters. The Balaban J connectivity index is 3.13. The van der Waals surface area contributed by atoms with Gasteiger partial charge in [-0.2, -0.15) is 0 Å². The van der Waals surface area contributed by atoms with E-state index in [1.165, 1.54) is 7.11 Å². The number of hydrogen-bond acceptors (Lipinski definition) is 4. The number of carbonyl (C=O) groups excluding carboxylic acids is 2. The predicted octanol–water partition coefficient (Wildman–Crippen LogP) is 1.94. The maximum Gasteiger partial charge on any atom is 0.170 e. The van der Waals surface area contributed by atoms with Gasteiger partial charge in [0.2, 0.25) is 0 Å². The summed E-state index contributed by atoms with van der Waals surface area (Å²) in [6.07, 6.45) is 1.60. The van der Waals surface area contributed by atoms with Gasteiger partial charge in [0, 0.05) is 20.0 Å². The van der Waals surface area contributed by atoms with Crippen molar-refractivity contribution in [2.24, 2.45) is 0 Å². The van der Waals surface area contributed by atoms with Crippen LogP contribution in [-0.2, 0) is 14.3 Å². The van der Waals surface area contributed by atoms with E-state index < -0.39 is 5.60 Å². The molecular formula is C12H18O4. The molecule has 0 aromatic rings. The summed E-state index contributed by atoms with van der Waals surface area (Å²) in [5.41, 5.74) is -0.954. The van der Waals surface area contributed by atoms with E-state index in [1.807, 2.05) is 6.92 Å². The van der Waals surface area contributed by atoms with Crippen molar-refractivity contribution in [1.82, 2.24) is 0 Å². The number of rotatable bonds is 4. The monoisotopic (exact) mass is 226 g/mol. The van der Waals surface area contributed by atoms with Crippen LogP contribution in [-0.4, -0.2) is 29.4 Å². The summed E-state index contributed by atoms with van der Waals surface area (Å²) >= 11 is 0. The quantitative estimate of drug-likeness (QED) is 0.744. The fraction of sp³-hybridized carbons (Fsp3) is 0.667. The number of carbonyl (C=O) groups is 2. The molecule has 0 spiro atoms. The van der Waals surface area contributed by atoms with Crippen molar-refractivity contribution in [1.29, 1.82) is 0 Å². The smallest absolute Gasteiger partial charge is 0.170 e. The average Bonchev–Trinajstić information content (AvgIpc) is 2.25. The summed E-state index contributed by atoms with van der Waals surface area (Å²) in [5.74, 6) is -0.761. The van der Waals surface area contributed by atoms with Gasteiger partial charge in [0.1, 0.15) is 16.9 Å². The van der Waals surface area contributed by atoms with Crippen LogP contribution in [0.5, 0.6) is 0 Å². The molecule has 1 rings (SSSR count). The maximum atomic E-state index is 11.7. The van der Waals surface area contributed by atoms with Crippen molar-refractivity contribution in [2.75, 3.05) is 7.11 Å². The first-order valence-electron chi connectivity index (χ1n) is 5.51. The van der Waals surface area contributed by atoms with E-state index in [2.05, 4.69) is 0 Å². The Morgan fingerprint density at radius 2 is 2.19 bits per heavy atom. The fourth-order valence-electron chi connectivity index (χ4n) is 1.83. The predicted molar refractivity (Wildman–Crippen MR) is 59.2 cm³/mol. The Labute approximate surface area is 95.3 Å². The van der Waals surface area contributed by atoms with Crippen molar-refractivity contribution >= 4 is 11.6 Å². The minimum absolute atomic E-state index is 0.0579. The second-order valence-electron chi connectivity index (χ2n) is 4.25. The largest absolute Gasteiger partial charge is 0.508 e. The molecule has 4 heteroatoms. The molecule has 0 aromatic carbocycles. The highest BCUT2D eigenvalue weighted by Crippen LogP contribution is 2.33. The molecule has 0 amide bonds. The molecule has 16 heavy (non-hydrogen) atoms. The van der Waals surface area contributed by atoms with E-state index in [-0.39, 0.29) is 35.7 Å². The zero-order valence-electron chi connectivity index (χ0n) is 10.0. The first-order valence-corrected chi connectivity index (χ1v) is 5.51. The molecule has 0 aliphatic heterocycles. The zero-order chi connectivity index (χ0) is 12.3. The number of ketones is 2. The lowest BCUT2D eigenvalue weighted by atomic mass is 9.82. The van der Waals surface area contributed by atoms with E-state index in [9.17, 15) is 14.7 Å². The zero-order valence-corrected chi connectivity index (χ0v) is 10.0. The van der Waals surface area contributed by atoms with Gasteiger partial charge in [-0.3, -0.25) is 9.59 Å². The lowest BCUT2D eigenvalue weighted by Crippen LogP contribution is -2.38. The van der Waals surface area contributed by atoms with Crippen LogP contribution < -0.4 is 0 Å². The molecule has 1 unspecified atom stereocenters. The van der Waals surface area contributed by atoms with Crippen LogP contribution in [0, 0.1) is 0 Å². The molecule has 4 nitrogen and oxygen atoms in total. The third kappa shape index (κ3) is 2.16. The van der Waals surface area contributed by atoms with E-state index in [0.717, 1.165) is 0 Å². The molecule has 1 aliphatic carbocycles. The van der Waals surface area contributed by atoms with Crippen LogP contribution in [0.4, 0.5) is 0 Å². The molecule has 1 aliphatic rings. The summed E-state index contributed by atoms with van der Waals surface area (Å²) in [4.78, 5) is 23.4. The van der Waals surface area contributed by atoms with Gasteiger partial charge in [0.15, 0.2) is 11.6 Å². The van der Waals surface area contributed by atoms with E-state index in [4.69, 9.17) is 4.74 Å². The van der Waals surface area contributed by atoms with E-state index in [0.29, 0.717) is 12.8 Å². The minimum atomic E-state index is -0.896. The molecule has 0 bridgehead atoms. The van der Waals surface area contributed by atoms with Crippen molar-refractivity contribution in [3.8, 4) is 0 Å². The van der Waals surface area contributed by atoms with Gasteiger partial charge < -0.3 is 9.84 Å². The van der Waals surface area contributed by atoms with Crippen molar-refractivity contribution in [3.63, 3.8) is 0 Å². The Hall–Kier alpha value is -1.16. The van der Waals surface area contributed by atoms with Crippen LogP contribution in [0.3, 0.4) is 0 Å². The summed E-state index contributed by atoms with van der Waals surface area (Å²) < 4.78 is 5.19. The second kappa shape index (κ2) is 4.78. The Morgan fingerprint density at radius 1 is 1.56 bits per heavy atom. The summed E-state index contributed by atoms with van der Waals surface area (Å²) in [7, 11) is 1.47. The van der Waals surface area contributed by atoms with Gasteiger partial charge in [0.05, 0.1) is 0 Å². The first-order chi connectivity index (χ1) is 7.46. The van der Waals surface area contributed by atoms with Crippen LogP contribution in [0.25, 0.3) is 0 Å². The lowest BCUT2D eigenvalue weighted by Gasteiger charge is -2.32. The van der Waals surface area contributed by atoms with Gasteiger partial charge >= 0.3 is 0 Å². The van der Waals surface area contributed by atoms with Gasteiger partial charge in [-0.1, -0.05) is 6.92 Å². The third-order valence-corrected chi connectivity index (χ3v) is 3.05. The number of methoxy groups -OCH3 is 1. The van der Waals surface area contributed by atoms with Gasteiger partial charge in [-0.15, -0.1) is 0 Å². The molecule has 0 aromatic heterocycles. The van der Waals surface area contributed by atoms with E-state index in [1.54, 1.807) is 6.92 Å².